The predicted molar refractivity (Wildman–Crippen MR) is 348 cm³/mol. The van der Waals surface area contributed by atoms with Gasteiger partial charge in [0.25, 0.3) is 0 Å². The molecule has 1 unspecified atom stereocenters. The van der Waals surface area contributed by atoms with Gasteiger partial charge in [0, 0.05) is 19.3 Å². The average Bonchev–Trinajstić information content (AvgIpc) is 3.46. The zero-order valence-corrected chi connectivity index (χ0v) is 52.0. The normalized spacial score (nSPS) is 13.0. The molecule has 0 rings (SSSR count). The molecule has 0 saturated heterocycles. The van der Waals surface area contributed by atoms with E-state index in [9.17, 15) is 14.4 Å². The molecule has 0 N–H and O–H groups in total. The van der Waals surface area contributed by atoms with Gasteiger partial charge in [-0.15, -0.1) is 0 Å². The summed E-state index contributed by atoms with van der Waals surface area (Å²) in [5.74, 6) is -0.928. The van der Waals surface area contributed by atoms with Gasteiger partial charge >= 0.3 is 17.9 Å². The van der Waals surface area contributed by atoms with Crippen LogP contribution in [0.1, 0.15) is 297 Å². The van der Waals surface area contributed by atoms with E-state index in [1.165, 1.54) is 96.3 Å². The van der Waals surface area contributed by atoms with Crippen molar-refractivity contribution in [2.45, 2.75) is 303 Å². The molecule has 0 spiro atoms. The fourth-order valence-corrected chi connectivity index (χ4v) is 8.89. The second-order valence-corrected chi connectivity index (χ2v) is 21.6. The summed E-state index contributed by atoms with van der Waals surface area (Å²) < 4.78 is 16.9. The van der Waals surface area contributed by atoms with Gasteiger partial charge in [-0.05, 0) is 141 Å². The molecule has 0 amide bonds. The second kappa shape index (κ2) is 67.1. The Morgan fingerprint density at radius 1 is 0.263 bits per heavy atom. The van der Waals surface area contributed by atoms with E-state index in [1.54, 1.807) is 0 Å². The Balaban J connectivity index is 4.37. The van der Waals surface area contributed by atoms with Crippen molar-refractivity contribution >= 4 is 17.9 Å². The first-order valence-electron chi connectivity index (χ1n) is 33.2. The molecule has 0 aliphatic heterocycles. The van der Waals surface area contributed by atoms with Crippen molar-refractivity contribution in [3.05, 3.63) is 134 Å². The van der Waals surface area contributed by atoms with Gasteiger partial charge in [-0.2, -0.15) is 0 Å². The van der Waals surface area contributed by atoms with E-state index < -0.39 is 6.10 Å². The number of carbonyl (C=O) groups excluding carboxylic acids is 3. The van der Waals surface area contributed by atoms with Crippen molar-refractivity contribution in [2.24, 2.45) is 0 Å². The summed E-state index contributed by atoms with van der Waals surface area (Å²) in [6.45, 7) is 6.48. The molecule has 0 radical (unpaired) electrons. The molecule has 6 nitrogen and oxygen atoms in total. The van der Waals surface area contributed by atoms with Crippen LogP contribution in [0.15, 0.2) is 134 Å². The molecular formula is C74H122O6. The van der Waals surface area contributed by atoms with Gasteiger partial charge < -0.3 is 14.2 Å². The third-order valence-corrected chi connectivity index (χ3v) is 13.9. The second-order valence-electron chi connectivity index (χ2n) is 21.6. The summed E-state index contributed by atoms with van der Waals surface area (Å²) in [4.78, 5) is 38.3. The van der Waals surface area contributed by atoms with Crippen LogP contribution in [0.5, 0.6) is 0 Å². The molecule has 454 valence electrons. The van der Waals surface area contributed by atoms with Crippen molar-refractivity contribution in [2.75, 3.05) is 13.2 Å². The molecule has 1 atom stereocenters. The molecule has 0 saturated carbocycles. The highest BCUT2D eigenvalue weighted by Gasteiger charge is 2.19. The number of hydrogen-bond acceptors (Lipinski definition) is 6. The smallest absolute Gasteiger partial charge is 0.306 e. The van der Waals surface area contributed by atoms with E-state index in [-0.39, 0.29) is 31.1 Å². The van der Waals surface area contributed by atoms with Crippen LogP contribution in [-0.2, 0) is 28.6 Å². The summed E-state index contributed by atoms with van der Waals surface area (Å²) in [6.07, 6.45) is 94.5. The summed E-state index contributed by atoms with van der Waals surface area (Å²) >= 11 is 0. The molecular weight excluding hydrogens is 985 g/mol. The SMILES string of the molecule is CC/C=C\C/C=C\C/C=C\C/C=C\C/C=C\C/C=C\C/C=C\C/C=C\CCCCCCCCC(=O)OCC(COC(=O)CCCCCCC/C=C\C/C=C\CCCCC)OC(=O)CCCCCCC/C=C\CCCCCCCCC. The van der Waals surface area contributed by atoms with Crippen LogP contribution < -0.4 is 0 Å². The Labute approximate surface area is 494 Å². The Morgan fingerprint density at radius 2 is 0.487 bits per heavy atom. The maximum Gasteiger partial charge on any atom is 0.306 e. The highest BCUT2D eigenvalue weighted by molar-refractivity contribution is 5.71. The number of allylic oxidation sites excluding steroid dienone is 22. The fourth-order valence-electron chi connectivity index (χ4n) is 8.89. The number of rotatable bonds is 59. The lowest BCUT2D eigenvalue weighted by Crippen LogP contribution is -2.30. The van der Waals surface area contributed by atoms with Crippen LogP contribution in [0.25, 0.3) is 0 Å². The topological polar surface area (TPSA) is 78.9 Å². The molecule has 0 aromatic rings. The van der Waals surface area contributed by atoms with E-state index in [2.05, 4.69) is 154 Å². The summed E-state index contributed by atoms with van der Waals surface area (Å²) in [6, 6.07) is 0. The highest BCUT2D eigenvalue weighted by atomic mass is 16.6. The van der Waals surface area contributed by atoms with Crippen molar-refractivity contribution in [3.8, 4) is 0 Å². The number of hydrogen-bond donors (Lipinski definition) is 0. The fraction of sp³-hybridized carbons (Fsp3) is 0.662. The molecule has 0 aliphatic rings. The number of unbranched alkanes of at least 4 members (excludes halogenated alkanes) is 26. The molecule has 0 heterocycles. The molecule has 80 heavy (non-hydrogen) atoms. The van der Waals surface area contributed by atoms with Gasteiger partial charge in [-0.1, -0.05) is 270 Å². The van der Waals surface area contributed by atoms with Crippen molar-refractivity contribution < 1.29 is 28.6 Å². The first kappa shape index (κ1) is 75.5. The predicted octanol–water partition coefficient (Wildman–Crippen LogP) is 22.9. The lowest BCUT2D eigenvalue weighted by Gasteiger charge is -2.18. The Morgan fingerprint density at radius 3 is 0.800 bits per heavy atom. The van der Waals surface area contributed by atoms with Gasteiger partial charge in [-0.25, -0.2) is 0 Å². The minimum absolute atomic E-state index is 0.0957. The van der Waals surface area contributed by atoms with Crippen LogP contribution in [0.3, 0.4) is 0 Å². The van der Waals surface area contributed by atoms with Gasteiger partial charge in [0.15, 0.2) is 6.10 Å². The first-order valence-corrected chi connectivity index (χ1v) is 33.2. The van der Waals surface area contributed by atoms with E-state index in [1.807, 2.05) is 0 Å². The zero-order valence-electron chi connectivity index (χ0n) is 52.0. The van der Waals surface area contributed by atoms with Crippen molar-refractivity contribution in [3.63, 3.8) is 0 Å². The highest BCUT2D eigenvalue weighted by Crippen LogP contribution is 2.15. The van der Waals surface area contributed by atoms with E-state index in [0.717, 1.165) is 161 Å². The van der Waals surface area contributed by atoms with E-state index in [0.29, 0.717) is 19.3 Å². The lowest BCUT2D eigenvalue weighted by atomic mass is 10.1. The maximum absolute atomic E-state index is 12.9. The summed E-state index contributed by atoms with van der Waals surface area (Å²) in [7, 11) is 0. The minimum atomic E-state index is -0.800. The lowest BCUT2D eigenvalue weighted by molar-refractivity contribution is -0.167. The van der Waals surface area contributed by atoms with Crippen LogP contribution >= 0.6 is 0 Å². The minimum Gasteiger partial charge on any atom is -0.462 e. The van der Waals surface area contributed by atoms with E-state index in [4.69, 9.17) is 14.2 Å². The zero-order chi connectivity index (χ0) is 57.8. The Hall–Kier alpha value is -4.45. The van der Waals surface area contributed by atoms with Gasteiger partial charge in [0.05, 0.1) is 0 Å². The first-order chi connectivity index (χ1) is 39.5. The van der Waals surface area contributed by atoms with Gasteiger partial charge in [0.1, 0.15) is 13.2 Å². The van der Waals surface area contributed by atoms with Crippen LogP contribution in [0, 0.1) is 0 Å². The standard InChI is InChI=1S/C74H122O6/c1-4-7-10-13-16-19-22-25-28-30-31-32-33-34-35-36-37-38-39-40-41-42-43-44-47-49-52-55-58-61-64-67-73(76)79-70-71(69-78-72(75)66-63-60-57-54-51-48-45-27-24-21-18-15-12-9-6-3)80-74(77)68-65-62-59-56-53-50-46-29-26-23-20-17-14-11-8-5-2/h7,10,16,18-19,21,25,27-29,31-32,34-35,37-38,40-41,43-46,71H,4-6,8-9,11-15,17,20,22-24,26,30,33,36,39,42,47-70H2,1-3H3/b10-7-,19-16-,21-18-,28-25-,32-31-,35-34-,38-37-,41-40-,44-43-,45-27-,46-29-. The number of esters is 3. The quantitative estimate of drug-likeness (QED) is 0.0261. The van der Waals surface area contributed by atoms with Crippen LogP contribution in [0.2, 0.25) is 0 Å². The van der Waals surface area contributed by atoms with Crippen LogP contribution in [-0.4, -0.2) is 37.2 Å². The van der Waals surface area contributed by atoms with E-state index >= 15 is 0 Å². The van der Waals surface area contributed by atoms with Gasteiger partial charge in [-0.3, -0.25) is 14.4 Å². The van der Waals surface area contributed by atoms with Crippen LogP contribution in [0.4, 0.5) is 0 Å². The monoisotopic (exact) mass is 1110 g/mol. The Bertz CT molecular complexity index is 1700. The summed E-state index contributed by atoms with van der Waals surface area (Å²) in [5, 5.41) is 0. The van der Waals surface area contributed by atoms with Gasteiger partial charge in [0.2, 0.25) is 0 Å². The number of carbonyl (C=O) groups is 3. The molecule has 6 heteroatoms. The average molecular weight is 1110 g/mol. The molecule has 0 aromatic heterocycles. The maximum atomic E-state index is 12.9. The third-order valence-electron chi connectivity index (χ3n) is 13.9. The molecule has 0 bridgehead atoms. The van der Waals surface area contributed by atoms with Crippen molar-refractivity contribution in [1.82, 2.24) is 0 Å². The molecule has 0 aromatic carbocycles. The molecule has 0 aliphatic carbocycles. The third kappa shape index (κ3) is 64.4. The largest absolute Gasteiger partial charge is 0.462 e. The number of ether oxygens (including phenoxy) is 3. The van der Waals surface area contributed by atoms with Crippen molar-refractivity contribution in [1.29, 1.82) is 0 Å². The summed E-state index contributed by atoms with van der Waals surface area (Å²) in [5.41, 5.74) is 0. The Kier molecular flexibility index (Phi) is 63.3. The molecule has 0 fully saturated rings.